The van der Waals surface area contributed by atoms with E-state index in [1.165, 1.54) is 36.7 Å². The molecule has 12 N–H and O–H groups in total. The Morgan fingerprint density at radius 2 is 0.516 bits per heavy atom. The summed E-state index contributed by atoms with van der Waals surface area (Å²) < 4.78 is 555. The van der Waals surface area contributed by atoms with Crippen molar-refractivity contribution in [2.45, 2.75) is 113 Å². The van der Waals surface area contributed by atoms with Crippen molar-refractivity contribution in [2.75, 3.05) is 163 Å². The number of H-pyrrole nitrogens is 6. The van der Waals surface area contributed by atoms with E-state index in [1.807, 2.05) is 21.3 Å². The van der Waals surface area contributed by atoms with Crippen LogP contribution < -0.4 is 31.9 Å². The number of aromatic nitrogens is 6. The van der Waals surface area contributed by atoms with E-state index < -0.39 is 323 Å². The van der Waals surface area contributed by atoms with Gasteiger partial charge in [-0.3, -0.25) is 0 Å². The SMILES string of the molecule is [2H]c1c(C[C@]2([2H])NC(=O)OC2([2H])[2H])c([2H])c2c(C([2H])([2H])CN(C([2H])([2H])[2H])C([2H])([2H])[2H])c[nH]c2c1[2H].[2H]c1c(C[C@]2([2H])NC(=O)OC2([2H])[2H])c([2H])c2c(C([2H])([2H])CN(C)C([2H])([2H])[2H])c[nH]c2c1[2H].[2H]c1c(C[C@]2([2H])NC(=O)OC2([2H])[2H])c([2H])c2c(C([2H])([2H])CN(C)C)c[nH]c2c1[2H].[2H]c1c(C[C@]2([2H])NC(=O)OC2([2H])[2H])c([2H])c2c(CC([2H])([2H])N(C([2H])([2H])[2H])C([2H])([2H])[2H])c[nH]c2c1[2H].[2H]c1c(C[C@]2([2H])NC(=O)OC2([2H])[2H])c([2H])c2c(CC([2H])([2H])N(C)C([2H])([2H])[2H])c[nH]c2c1[2H].[2H]c1c(C[C@]2([2H])NC(=O)OC2([2H])[2H])c([2H])c2c(CC([2H])([2H])N(C)C)c[nH]c2c1[2H]. The van der Waals surface area contributed by atoms with E-state index in [0.29, 0.717) is 10.5 Å². The highest BCUT2D eigenvalue weighted by Gasteiger charge is 2.29. The number of hydrogen-bond donors (Lipinski definition) is 12. The number of fused-ring (bicyclic) bond motifs is 6. The maximum atomic E-state index is 11.5. The average Bonchev–Trinajstić information content (AvgIpc) is 1.56. The molecule has 30 nitrogen and oxygen atoms in total. The minimum atomic E-state index is -3.34. The molecule has 6 aromatic carbocycles. The first-order chi connectivity index (χ1) is 86.5. The van der Waals surface area contributed by atoms with Crippen LogP contribution in [0.15, 0.2) is 146 Å². The van der Waals surface area contributed by atoms with Crippen molar-refractivity contribution in [3.63, 3.8) is 0 Å². The fourth-order valence-corrected chi connectivity index (χ4v) is 11.8. The molecule has 0 spiro atoms. The van der Waals surface area contributed by atoms with Crippen LogP contribution in [0.3, 0.4) is 0 Å². The first kappa shape index (κ1) is 39.4. The van der Waals surface area contributed by atoms with Gasteiger partial charge in [-0.15, -0.1) is 0 Å². The maximum absolute atomic E-state index is 11.5. The van der Waals surface area contributed by atoms with E-state index >= 15 is 0 Å². The fraction of sp³-hybridized carbons (Fsp3) is 0.438. The van der Waals surface area contributed by atoms with E-state index in [1.54, 1.807) is 33.1 Å². The Morgan fingerprint density at radius 1 is 0.302 bits per heavy atom. The molecular weight excluding hydrogens is 1600 g/mol. The number of rotatable bonds is 30. The molecule has 672 valence electrons. The lowest BCUT2D eigenvalue weighted by Crippen LogP contribution is -2.28. The Morgan fingerprint density at radius 3 is 0.738 bits per heavy atom. The van der Waals surface area contributed by atoms with E-state index in [4.69, 9.17) is 90.5 Å². The van der Waals surface area contributed by atoms with Gasteiger partial charge < -0.3 is 120 Å². The highest BCUT2D eigenvalue weighted by atomic mass is 16.6. The number of carbonyl (C=O) groups is 6. The zero-order valence-electron chi connectivity index (χ0n) is 134. The van der Waals surface area contributed by atoms with Gasteiger partial charge in [-0.2, -0.15) is 0 Å². The summed E-state index contributed by atoms with van der Waals surface area (Å²) in [6, 6.07) is -21.7. The summed E-state index contributed by atoms with van der Waals surface area (Å²) in [7, 11) is 8.88. The number of aromatic amines is 6. The number of ether oxygens (including phenoxy) is 6. The van der Waals surface area contributed by atoms with Gasteiger partial charge in [0.1, 0.15) is 39.4 Å². The standard InChI is InChI=1S/6C16H21N3O2/c6*1-19(2)6-5-12-9-17-15-4-3-11(8-14(12)15)7-13-10-21-16(20)18-13/h6*3-4,8-9,13,17H,5-7,10H2,1-2H3,(H,18,20)/t6*13-/m000000/s1/i1D3,2D3,3D,4D,6D2,8D,10D2,13D;1D3,2D3,3D,4D,5D2,8D,10D2,13D;1D3,3D,4D,6D2,8D,10D2,13D;1D3,3D,4D,5D2,8D,10D2,13D;3D,4D,6D2,8D,10D2,13D;3D,4D,5D2,8D,10D2,13D. The van der Waals surface area contributed by atoms with Crippen molar-refractivity contribution >= 4 is 102 Å². The van der Waals surface area contributed by atoms with Gasteiger partial charge in [0, 0.05) is 183 Å². The van der Waals surface area contributed by atoms with Crippen LogP contribution in [0.5, 0.6) is 0 Å². The molecule has 6 fully saturated rings. The van der Waals surface area contributed by atoms with Crippen LogP contribution in [0.4, 0.5) is 28.8 Å². The molecule has 18 rings (SSSR count). The van der Waals surface area contributed by atoms with E-state index in [0.717, 1.165) is 24.3 Å². The van der Waals surface area contributed by atoms with Crippen LogP contribution in [0, 0.1) is 0 Å². The van der Waals surface area contributed by atoms with E-state index in [2.05, 4.69) is 69.0 Å². The third-order valence-corrected chi connectivity index (χ3v) is 17.5. The van der Waals surface area contributed by atoms with Crippen LogP contribution in [0.25, 0.3) is 65.4 Å². The van der Waals surface area contributed by atoms with Gasteiger partial charge in [0.15, 0.2) is 0 Å². The lowest BCUT2D eigenvalue weighted by Gasteiger charge is -2.09. The zero-order chi connectivity index (χ0) is 147. The van der Waals surface area contributed by atoms with Gasteiger partial charge in [0.25, 0.3) is 0 Å². The molecule has 0 saturated carbocycles. The third-order valence-electron chi connectivity index (χ3n) is 17.5. The molecule has 6 amide bonds. The molecule has 30 heteroatoms. The van der Waals surface area contributed by atoms with Crippen LogP contribution in [0.1, 0.15) is 157 Å². The summed E-state index contributed by atoms with van der Waals surface area (Å²) in [5, 5.41) is 12.1. The molecule has 6 atom stereocenters. The molecule has 0 bridgehead atoms. The lowest BCUT2D eigenvalue weighted by molar-refractivity contribution is 0.176. The van der Waals surface area contributed by atoms with Gasteiger partial charge >= 0.3 is 36.6 Å². The maximum Gasteiger partial charge on any atom is 0.407 e. The number of cyclic esters (lactones) is 6. The second-order valence-electron chi connectivity index (χ2n) is 27.8. The van der Waals surface area contributed by atoms with Crippen molar-refractivity contribution in [1.82, 2.24) is 91.2 Å². The van der Waals surface area contributed by atoms with Gasteiger partial charge in [-0.1, -0.05) is 36.3 Å². The highest BCUT2D eigenvalue weighted by molar-refractivity contribution is 5.88. The predicted octanol–water partition coefficient (Wildman–Crippen LogP) is 11.5. The van der Waals surface area contributed by atoms with Gasteiger partial charge in [-0.25, -0.2) is 28.8 Å². The number of hydrogen-bond acceptors (Lipinski definition) is 18. The molecule has 0 unspecified atom stereocenters. The normalized spacial score (nSPS) is 33.0. The Balaban J connectivity index is 0.000000186. The van der Waals surface area contributed by atoms with Crippen molar-refractivity contribution in [3.05, 3.63) is 213 Å². The number of carbonyl (C=O) groups excluding carboxylic acids is 6. The number of nitrogens with one attached hydrogen (secondary N) is 12. The monoisotopic (exact) mass is 1790 g/mol. The number of aryl methyl sites for hydroxylation is 3. The summed E-state index contributed by atoms with van der Waals surface area (Å²) in [6.45, 7) is -43.7. The Bertz CT molecular complexity index is 9090. The van der Waals surface area contributed by atoms with Crippen LogP contribution in [0.2, 0.25) is 0 Å². The molecule has 12 heterocycles. The molecule has 12 aromatic rings. The van der Waals surface area contributed by atoms with Crippen LogP contribution in [-0.2, 0) is 105 Å². The number of alkyl carbamates (subject to hydrolysis) is 6. The number of benzene rings is 6. The molecular formula is C96H126N18O12. The fourth-order valence-electron chi connectivity index (χ4n) is 11.8. The zero-order valence-corrected chi connectivity index (χ0v) is 67.5. The Labute approximate surface area is 829 Å². The molecule has 6 aliphatic rings. The molecule has 0 radical (unpaired) electrons. The summed E-state index contributed by atoms with van der Waals surface area (Å²) in [6.07, 6.45) is -11.7. The second-order valence-corrected chi connectivity index (χ2v) is 27.8. The van der Waals surface area contributed by atoms with Crippen molar-refractivity contribution < 1.29 is 148 Å². The predicted molar refractivity (Wildman–Crippen MR) is 495 cm³/mol. The summed E-state index contributed by atoms with van der Waals surface area (Å²) in [4.78, 5) is 89.4. The van der Waals surface area contributed by atoms with Crippen molar-refractivity contribution in [3.8, 4) is 0 Å². The average molecular weight is 1790 g/mol. The minimum absolute atomic E-state index is 0.0134. The summed E-state index contributed by atoms with van der Waals surface area (Å²) in [5.74, 6) is 0. The molecule has 126 heavy (non-hydrogen) atoms. The third kappa shape index (κ3) is 26.5. The van der Waals surface area contributed by atoms with Gasteiger partial charge in [-0.05, 0) is 300 Å². The number of amides is 6. The summed E-state index contributed by atoms with van der Waals surface area (Å²) in [5.41, 5.74) is -1.11. The molecule has 6 aromatic heterocycles. The minimum Gasteiger partial charge on any atom is -0.447 e. The van der Waals surface area contributed by atoms with Crippen molar-refractivity contribution in [1.29, 1.82) is 0 Å². The Kier molecular flexibility index (Phi) is 13.7. The number of nitrogens with zero attached hydrogens (tertiary/aromatic N) is 6. The number of likely N-dealkylation sites (N-methyl/N-ethyl adjacent to an activating group) is 6. The molecule has 6 saturated heterocycles. The van der Waals surface area contributed by atoms with E-state index in [-0.39, 0.29) is 192 Å². The van der Waals surface area contributed by atoms with Crippen LogP contribution >= 0.6 is 0 Å². The first-order valence-electron chi connectivity index (χ1n) is 70.5. The smallest absolute Gasteiger partial charge is 0.407 e. The topological polar surface area (TPSA) is 344 Å². The Hall–Kier alpha value is -12.1. The second kappa shape index (κ2) is 43.7. The van der Waals surface area contributed by atoms with Crippen LogP contribution in [-0.4, -0.2) is 295 Å². The first-order valence-corrected chi connectivity index (χ1v) is 37.5. The van der Waals surface area contributed by atoms with Gasteiger partial charge in [0.2, 0.25) is 0 Å². The summed E-state index contributed by atoms with van der Waals surface area (Å²) >= 11 is 0. The highest BCUT2D eigenvalue weighted by Crippen LogP contribution is 2.29. The van der Waals surface area contributed by atoms with E-state index in [9.17, 15) is 28.8 Å². The molecule has 6 aliphatic heterocycles. The lowest BCUT2D eigenvalue weighted by atomic mass is 10.0. The quantitative estimate of drug-likeness (QED) is 0.0186. The van der Waals surface area contributed by atoms with Gasteiger partial charge in [0.05, 0.1) is 85.5 Å². The largest absolute Gasteiger partial charge is 0.447 e. The van der Waals surface area contributed by atoms with Crippen molar-refractivity contribution in [2.24, 2.45) is 0 Å². The molecule has 0 aliphatic carbocycles.